The minimum atomic E-state index is -0.954. The molecule has 0 saturated carbocycles. The zero-order valence-corrected chi connectivity index (χ0v) is 7.07. The summed E-state index contributed by atoms with van der Waals surface area (Å²) in [6.07, 6.45) is -0.954. The Morgan fingerprint density at radius 2 is 1.62 bits per heavy atom. The summed E-state index contributed by atoms with van der Waals surface area (Å²) in [5.74, 6) is -1.45. The Kier molecular flexibility index (Phi) is 30.0. The van der Waals surface area contributed by atoms with Crippen LogP contribution >= 0.6 is 0 Å². The lowest BCUT2D eigenvalue weighted by atomic mass is 10.4. The Bertz CT molecular complexity index is 168. The van der Waals surface area contributed by atoms with Crippen molar-refractivity contribution < 1.29 is 24.2 Å². The number of esters is 2. The van der Waals surface area contributed by atoms with E-state index in [1.807, 2.05) is 0 Å². The number of carbonyl (C=O) groups is 2. The summed E-state index contributed by atoms with van der Waals surface area (Å²) in [4.78, 5) is 21.3. The molecule has 0 spiro atoms. The van der Waals surface area contributed by atoms with Crippen molar-refractivity contribution in [2.24, 2.45) is 0 Å². The Morgan fingerprint density at radius 1 is 1.19 bits per heavy atom. The van der Waals surface area contributed by atoms with Gasteiger partial charge in [-0.1, -0.05) is 29.7 Å². The molecule has 0 aromatic carbocycles. The average Bonchev–Trinajstić information content (AvgIpc) is 2.04. The van der Waals surface area contributed by atoms with Gasteiger partial charge in [-0.2, -0.15) is 0 Å². The second kappa shape index (κ2) is 16.3. The second-order valence-electron chi connectivity index (χ2n) is 2.04. The number of hydrogen-bond donors (Lipinski definition) is 1. The fourth-order valence-corrected chi connectivity index (χ4v) is 0.542. The van der Waals surface area contributed by atoms with Crippen LogP contribution in [0.25, 0.3) is 0 Å². The highest BCUT2D eigenvalue weighted by atomic mass is 16.6. The van der Waals surface area contributed by atoms with E-state index in [2.05, 4.69) is 9.47 Å². The summed E-state index contributed by atoms with van der Waals surface area (Å²) in [5, 5.41) is 8.27. The lowest BCUT2D eigenvalue weighted by molar-refractivity contribution is -0.167. The van der Waals surface area contributed by atoms with Gasteiger partial charge in [-0.25, -0.2) is 9.59 Å². The molecule has 1 unspecified atom stereocenters. The van der Waals surface area contributed by atoms with Gasteiger partial charge in [0.1, 0.15) is 6.61 Å². The van der Waals surface area contributed by atoms with Crippen molar-refractivity contribution in [3.63, 3.8) is 0 Å². The van der Waals surface area contributed by atoms with Crippen LogP contribution in [0, 0.1) is 0 Å². The number of rotatable bonds is 4. The highest BCUT2D eigenvalue weighted by Gasteiger charge is 2.17. The van der Waals surface area contributed by atoms with Crippen molar-refractivity contribution in [3.05, 3.63) is 0 Å². The molecule has 0 fully saturated rings. The Morgan fingerprint density at radius 3 is 1.94 bits per heavy atom. The molecule has 0 saturated heterocycles. The summed E-state index contributed by atoms with van der Waals surface area (Å²) >= 11 is 0. The van der Waals surface area contributed by atoms with E-state index in [0.717, 1.165) is 0 Å². The first-order valence-electron chi connectivity index (χ1n) is 3.58. The van der Waals surface area contributed by atoms with E-state index in [1.165, 1.54) is 6.92 Å². The standard InChI is InChI=1S/C7H12O5.4CH4/c1-3-11-7(10)5(2)12-6(9)4-8;;;;/h5,8H,3-4H2,1-2H3;4*1H4. The van der Waals surface area contributed by atoms with Gasteiger partial charge in [-0.15, -0.1) is 0 Å². The Hall–Kier alpha value is -1.10. The molecule has 0 rings (SSSR count). The van der Waals surface area contributed by atoms with Gasteiger partial charge in [-0.3, -0.25) is 0 Å². The quantitative estimate of drug-likeness (QED) is 0.761. The first kappa shape index (κ1) is 29.4. The fraction of sp³-hybridized carbons (Fsp3) is 0.818. The molecule has 0 aromatic heterocycles. The number of aliphatic hydroxyl groups excluding tert-OH is 1. The van der Waals surface area contributed by atoms with Gasteiger partial charge < -0.3 is 14.6 Å². The maximum absolute atomic E-state index is 10.8. The molecule has 1 N–H and O–H groups in total. The predicted molar refractivity (Wildman–Crippen MR) is 66.2 cm³/mol. The number of ether oxygens (including phenoxy) is 2. The van der Waals surface area contributed by atoms with Crippen molar-refractivity contribution in [1.82, 2.24) is 0 Å². The summed E-state index contributed by atoms with van der Waals surface area (Å²) < 4.78 is 9.00. The first-order chi connectivity index (χ1) is 5.61. The van der Waals surface area contributed by atoms with Crippen molar-refractivity contribution in [1.29, 1.82) is 0 Å². The topological polar surface area (TPSA) is 72.8 Å². The smallest absolute Gasteiger partial charge is 0.347 e. The molecule has 0 radical (unpaired) electrons. The monoisotopic (exact) mass is 240 g/mol. The van der Waals surface area contributed by atoms with Crippen LogP contribution in [-0.2, 0) is 19.1 Å². The molecule has 0 amide bonds. The summed E-state index contributed by atoms with van der Waals surface area (Å²) in [5.41, 5.74) is 0. The van der Waals surface area contributed by atoms with Crippen LogP contribution in [0.4, 0.5) is 0 Å². The Balaban J connectivity index is -0.000000101. The van der Waals surface area contributed by atoms with Gasteiger partial charge in [0, 0.05) is 0 Å². The Labute approximate surface area is 99.8 Å². The van der Waals surface area contributed by atoms with Gasteiger partial charge in [0.2, 0.25) is 0 Å². The third kappa shape index (κ3) is 12.9. The predicted octanol–water partition coefficient (Wildman–Crippen LogP) is 2.02. The van der Waals surface area contributed by atoms with Crippen LogP contribution in [-0.4, -0.2) is 36.4 Å². The lowest BCUT2D eigenvalue weighted by Crippen LogP contribution is -2.27. The minimum absolute atomic E-state index is 0. The second-order valence-corrected chi connectivity index (χ2v) is 2.04. The molecule has 5 nitrogen and oxygen atoms in total. The lowest BCUT2D eigenvalue weighted by Gasteiger charge is -2.10. The molecule has 0 bridgehead atoms. The van der Waals surface area contributed by atoms with E-state index in [1.54, 1.807) is 6.92 Å². The largest absolute Gasteiger partial charge is 0.463 e. The highest BCUT2D eigenvalue weighted by molar-refractivity contribution is 5.79. The van der Waals surface area contributed by atoms with Gasteiger partial charge in [0.05, 0.1) is 6.61 Å². The van der Waals surface area contributed by atoms with Gasteiger partial charge in [0.25, 0.3) is 0 Å². The third-order valence-electron chi connectivity index (χ3n) is 1.06. The van der Waals surface area contributed by atoms with Gasteiger partial charge in [-0.05, 0) is 13.8 Å². The molecule has 0 aliphatic carbocycles. The van der Waals surface area contributed by atoms with E-state index in [0.29, 0.717) is 0 Å². The molecule has 0 heterocycles. The highest BCUT2D eigenvalue weighted by Crippen LogP contribution is 1.94. The van der Waals surface area contributed by atoms with Gasteiger partial charge in [0.15, 0.2) is 6.10 Å². The van der Waals surface area contributed by atoms with Crippen LogP contribution in [0.5, 0.6) is 0 Å². The maximum atomic E-state index is 10.8. The molecule has 16 heavy (non-hydrogen) atoms. The maximum Gasteiger partial charge on any atom is 0.347 e. The van der Waals surface area contributed by atoms with Crippen LogP contribution < -0.4 is 0 Å². The minimum Gasteiger partial charge on any atom is -0.463 e. The van der Waals surface area contributed by atoms with E-state index < -0.39 is 24.6 Å². The SMILES string of the molecule is C.C.C.C.CCOC(=O)C(C)OC(=O)CO. The van der Waals surface area contributed by atoms with E-state index in [9.17, 15) is 9.59 Å². The molecular weight excluding hydrogens is 212 g/mol. The summed E-state index contributed by atoms with van der Waals surface area (Å²) in [6, 6.07) is 0. The molecule has 0 aliphatic heterocycles. The van der Waals surface area contributed by atoms with E-state index in [4.69, 9.17) is 5.11 Å². The molecule has 0 aromatic rings. The third-order valence-corrected chi connectivity index (χ3v) is 1.06. The van der Waals surface area contributed by atoms with Gasteiger partial charge >= 0.3 is 11.9 Å². The van der Waals surface area contributed by atoms with Crippen molar-refractivity contribution in [2.45, 2.75) is 49.7 Å². The summed E-state index contributed by atoms with van der Waals surface area (Å²) in [7, 11) is 0. The fourth-order valence-electron chi connectivity index (χ4n) is 0.542. The molecule has 102 valence electrons. The number of hydrogen-bond acceptors (Lipinski definition) is 5. The number of aliphatic hydroxyl groups is 1. The zero-order chi connectivity index (χ0) is 9.56. The van der Waals surface area contributed by atoms with E-state index >= 15 is 0 Å². The normalized spacial score (nSPS) is 8.94. The summed E-state index contributed by atoms with van der Waals surface area (Å²) in [6.45, 7) is 2.54. The molecular formula is C11H28O5. The number of carbonyl (C=O) groups excluding carboxylic acids is 2. The molecule has 1 atom stereocenters. The first-order valence-corrected chi connectivity index (χ1v) is 3.58. The van der Waals surface area contributed by atoms with Crippen molar-refractivity contribution in [2.75, 3.05) is 13.2 Å². The van der Waals surface area contributed by atoms with Crippen molar-refractivity contribution >= 4 is 11.9 Å². The average molecular weight is 240 g/mol. The van der Waals surface area contributed by atoms with Crippen molar-refractivity contribution in [3.8, 4) is 0 Å². The van der Waals surface area contributed by atoms with E-state index in [-0.39, 0.29) is 36.3 Å². The van der Waals surface area contributed by atoms with Crippen LogP contribution in [0.2, 0.25) is 0 Å². The molecule has 5 heteroatoms. The van der Waals surface area contributed by atoms with Crippen LogP contribution in [0.1, 0.15) is 43.6 Å². The zero-order valence-electron chi connectivity index (χ0n) is 7.07. The molecule has 0 aliphatic rings. The van der Waals surface area contributed by atoms with Crippen LogP contribution in [0.15, 0.2) is 0 Å². The van der Waals surface area contributed by atoms with Crippen LogP contribution in [0.3, 0.4) is 0 Å².